The molecule has 1 saturated heterocycles. The van der Waals surface area contributed by atoms with Crippen molar-refractivity contribution in [3.63, 3.8) is 0 Å². The SMILES string of the molecule is O=C(N[C@@H]1C[C@H]1c1ccccc1)c1cc(N2CCOCC2)ccn1. The lowest BCUT2D eigenvalue weighted by atomic mass is 10.1. The van der Waals surface area contributed by atoms with Crippen LogP contribution >= 0.6 is 0 Å². The number of carbonyl (C=O) groups excluding carboxylic acids is 1. The third-order valence-corrected chi connectivity index (χ3v) is 4.69. The van der Waals surface area contributed by atoms with Gasteiger partial charge in [0.2, 0.25) is 0 Å². The molecule has 1 amide bonds. The van der Waals surface area contributed by atoms with Gasteiger partial charge in [-0.25, -0.2) is 0 Å². The number of nitrogens with one attached hydrogen (secondary N) is 1. The summed E-state index contributed by atoms with van der Waals surface area (Å²) in [6.07, 6.45) is 2.71. The molecular formula is C19H21N3O2. The van der Waals surface area contributed by atoms with Crippen molar-refractivity contribution in [2.45, 2.75) is 18.4 Å². The normalized spacial score (nSPS) is 22.9. The summed E-state index contributed by atoms with van der Waals surface area (Å²) in [5.74, 6) is 0.339. The first-order chi connectivity index (χ1) is 11.8. The van der Waals surface area contributed by atoms with Crippen LogP contribution in [-0.4, -0.2) is 43.2 Å². The Morgan fingerprint density at radius 1 is 1.17 bits per heavy atom. The predicted octanol–water partition coefficient (Wildman–Crippen LogP) is 2.20. The van der Waals surface area contributed by atoms with Crippen LogP contribution in [0.2, 0.25) is 0 Å². The average Bonchev–Trinajstić information content (AvgIpc) is 3.42. The number of aromatic nitrogens is 1. The number of morpholine rings is 1. The van der Waals surface area contributed by atoms with E-state index in [1.54, 1.807) is 6.20 Å². The third kappa shape index (κ3) is 3.26. The van der Waals surface area contributed by atoms with Gasteiger partial charge in [0.1, 0.15) is 5.69 Å². The highest BCUT2D eigenvalue weighted by Crippen LogP contribution is 2.40. The van der Waals surface area contributed by atoms with E-state index in [1.165, 1.54) is 5.56 Å². The van der Waals surface area contributed by atoms with Gasteiger partial charge in [-0.05, 0) is 24.1 Å². The van der Waals surface area contributed by atoms with Gasteiger partial charge in [-0.1, -0.05) is 30.3 Å². The Morgan fingerprint density at radius 3 is 2.75 bits per heavy atom. The van der Waals surface area contributed by atoms with Gasteiger partial charge < -0.3 is 15.0 Å². The first-order valence-corrected chi connectivity index (χ1v) is 8.46. The summed E-state index contributed by atoms with van der Waals surface area (Å²) >= 11 is 0. The summed E-state index contributed by atoms with van der Waals surface area (Å²) in [5, 5.41) is 3.10. The van der Waals surface area contributed by atoms with Crippen molar-refractivity contribution in [2.24, 2.45) is 0 Å². The third-order valence-electron chi connectivity index (χ3n) is 4.69. The van der Waals surface area contributed by atoms with Crippen molar-refractivity contribution in [3.8, 4) is 0 Å². The maximum absolute atomic E-state index is 12.5. The van der Waals surface area contributed by atoms with E-state index in [2.05, 4.69) is 27.3 Å². The number of hydrogen-bond acceptors (Lipinski definition) is 4. The zero-order valence-electron chi connectivity index (χ0n) is 13.5. The number of rotatable bonds is 4. The molecule has 1 aromatic heterocycles. The molecule has 1 aromatic carbocycles. The summed E-state index contributed by atoms with van der Waals surface area (Å²) < 4.78 is 5.38. The smallest absolute Gasteiger partial charge is 0.270 e. The fourth-order valence-corrected chi connectivity index (χ4v) is 3.23. The fourth-order valence-electron chi connectivity index (χ4n) is 3.23. The molecule has 2 fully saturated rings. The number of benzene rings is 1. The van der Waals surface area contributed by atoms with Crippen molar-refractivity contribution in [2.75, 3.05) is 31.2 Å². The van der Waals surface area contributed by atoms with Gasteiger partial charge >= 0.3 is 0 Å². The number of pyridine rings is 1. The van der Waals surface area contributed by atoms with E-state index in [0.29, 0.717) is 11.6 Å². The van der Waals surface area contributed by atoms with Crippen LogP contribution < -0.4 is 10.2 Å². The molecule has 0 bridgehead atoms. The highest BCUT2D eigenvalue weighted by Gasteiger charge is 2.39. The van der Waals surface area contributed by atoms with Crippen molar-refractivity contribution < 1.29 is 9.53 Å². The molecule has 1 N–H and O–H groups in total. The minimum Gasteiger partial charge on any atom is -0.378 e. The van der Waals surface area contributed by atoms with Crippen LogP contribution in [0.1, 0.15) is 28.4 Å². The standard InChI is InChI=1S/C19H21N3O2/c23-19(21-17-13-16(17)14-4-2-1-3-5-14)18-12-15(6-7-20-18)22-8-10-24-11-9-22/h1-7,12,16-17H,8-11,13H2,(H,21,23)/t16-,17+/m0/s1. The first-order valence-electron chi connectivity index (χ1n) is 8.46. The largest absolute Gasteiger partial charge is 0.378 e. The minimum atomic E-state index is -0.0893. The van der Waals surface area contributed by atoms with Gasteiger partial charge in [-0.2, -0.15) is 0 Å². The Balaban J connectivity index is 1.40. The monoisotopic (exact) mass is 323 g/mol. The molecule has 2 atom stereocenters. The predicted molar refractivity (Wildman–Crippen MR) is 92.3 cm³/mol. The molecular weight excluding hydrogens is 302 g/mol. The molecule has 2 heterocycles. The Bertz CT molecular complexity index is 714. The van der Waals surface area contributed by atoms with Crippen LogP contribution in [0, 0.1) is 0 Å². The van der Waals surface area contributed by atoms with Crippen LogP contribution in [0.4, 0.5) is 5.69 Å². The lowest BCUT2D eigenvalue weighted by Gasteiger charge is -2.28. The van der Waals surface area contributed by atoms with Crippen LogP contribution in [0.25, 0.3) is 0 Å². The van der Waals surface area contributed by atoms with Crippen molar-refractivity contribution in [1.29, 1.82) is 0 Å². The highest BCUT2D eigenvalue weighted by atomic mass is 16.5. The van der Waals surface area contributed by atoms with E-state index in [4.69, 9.17) is 4.74 Å². The second-order valence-corrected chi connectivity index (χ2v) is 6.33. The van der Waals surface area contributed by atoms with E-state index >= 15 is 0 Å². The minimum absolute atomic E-state index is 0.0893. The molecule has 5 heteroatoms. The van der Waals surface area contributed by atoms with Gasteiger partial charge in [-0.3, -0.25) is 9.78 Å². The molecule has 1 saturated carbocycles. The molecule has 2 aromatic rings. The van der Waals surface area contributed by atoms with E-state index in [9.17, 15) is 4.79 Å². The van der Waals surface area contributed by atoms with E-state index in [1.807, 2.05) is 30.3 Å². The Kier molecular flexibility index (Phi) is 4.17. The fraction of sp³-hybridized carbons (Fsp3) is 0.368. The van der Waals surface area contributed by atoms with Crippen molar-refractivity contribution in [1.82, 2.24) is 10.3 Å². The van der Waals surface area contributed by atoms with E-state index in [0.717, 1.165) is 38.4 Å². The molecule has 0 radical (unpaired) electrons. The molecule has 5 nitrogen and oxygen atoms in total. The van der Waals surface area contributed by atoms with Gasteiger partial charge in [0.05, 0.1) is 13.2 Å². The number of nitrogens with zero attached hydrogens (tertiary/aromatic N) is 2. The average molecular weight is 323 g/mol. The molecule has 1 aliphatic carbocycles. The summed E-state index contributed by atoms with van der Waals surface area (Å²) in [7, 11) is 0. The molecule has 24 heavy (non-hydrogen) atoms. The van der Waals surface area contributed by atoms with Gasteiger partial charge in [0.25, 0.3) is 5.91 Å². The molecule has 4 rings (SSSR count). The molecule has 2 aliphatic rings. The van der Waals surface area contributed by atoms with Crippen molar-refractivity contribution >= 4 is 11.6 Å². The summed E-state index contributed by atoms with van der Waals surface area (Å²) in [4.78, 5) is 19.0. The topological polar surface area (TPSA) is 54.5 Å². The van der Waals surface area contributed by atoms with Gasteiger partial charge in [0.15, 0.2) is 0 Å². The maximum Gasteiger partial charge on any atom is 0.270 e. The molecule has 0 unspecified atom stereocenters. The number of hydrogen-bond donors (Lipinski definition) is 1. The van der Waals surface area contributed by atoms with Crippen molar-refractivity contribution in [3.05, 3.63) is 59.9 Å². The summed E-state index contributed by atoms with van der Waals surface area (Å²) in [6.45, 7) is 3.16. The van der Waals surface area contributed by atoms with E-state index in [-0.39, 0.29) is 11.9 Å². The number of amides is 1. The summed E-state index contributed by atoms with van der Waals surface area (Å²) in [6, 6.07) is 14.4. The quantitative estimate of drug-likeness (QED) is 0.937. The van der Waals surface area contributed by atoms with E-state index < -0.39 is 0 Å². The van der Waals surface area contributed by atoms with Crippen LogP contribution in [0.5, 0.6) is 0 Å². The maximum atomic E-state index is 12.5. The van der Waals surface area contributed by atoms with Crippen LogP contribution in [-0.2, 0) is 4.74 Å². The Morgan fingerprint density at radius 2 is 1.96 bits per heavy atom. The number of anilines is 1. The zero-order valence-corrected chi connectivity index (χ0v) is 13.5. The highest BCUT2D eigenvalue weighted by molar-refractivity contribution is 5.93. The lowest BCUT2D eigenvalue weighted by Crippen LogP contribution is -2.36. The molecule has 0 spiro atoms. The second-order valence-electron chi connectivity index (χ2n) is 6.33. The van der Waals surface area contributed by atoms with Crippen LogP contribution in [0.15, 0.2) is 48.7 Å². The molecule has 124 valence electrons. The Hall–Kier alpha value is -2.40. The molecule has 1 aliphatic heterocycles. The van der Waals surface area contributed by atoms with Gasteiger partial charge in [0, 0.05) is 36.9 Å². The van der Waals surface area contributed by atoms with Gasteiger partial charge in [-0.15, -0.1) is 0 Å². The van der Waals surface area contributed by atoms with Crippen LogP contribution in [0.3, 0.4) is 0 Å². The lowest BCUT2D eigenvalue weighted by molar-refractivity contribution is 0.0945. The number of carbonyl (C=O) groups is 1. The first kappa shape index (κ1) is 15.1. The number of ether oxygens (including phenoxy) is 1. The Labute approximate surface area is 141 Å². The summed E-state index contributed by atoms with van der Waals surface area (Å²) in [5.41, 5.74) is 2.81. The second kappa shape index (κ2) is 6.61. The zero-order chi connectivity index (χ0) is 16.4.